The molecule has 1 aliphatic heterocycles. The predicted octanol–water partition coefficient (Wildman–Crippen LogP) is 4.45. The van der Waals surface area contributed by atoms with E-state index >= 15 is 0 Å². The van der Waals surface area contributed by atoms with Gasteiger partial charge in [0, 0.05) is 30.7 Å². The quantitative estimate of drug-likeness (QED) is 0.438. The molecule has 0 aliphatic carbocycles. The molecule has 1 aromatic heterocycles. The third-order valence-electron chi connectivity index (χ3n) is 5.44. The van der Waals surface area contributed by atoms with Crippen molar-refractivity contribution in [1.82, 2.24) is 9.88 Å². The Kier molecular flexibility index (Phi) is 7.62. The van der Waals surface area contributed by atoms with E-state index in [0.717, 1.165) is 48.4 Å². The average molecular weight is 520 g/mol. The summed E-state index contributed by atoms with van der Waals surface area (Å²) < 4.78 is 18.1. The number of hydrogen-bond donors (Lipinski definition) is 0. The van der Waals surface area contributed by atoms with Gasteiger partial charge in [-0.1, -0.05) is 23.5 Å². The highest BCUT2D eigenvalue weighted by Gasteiger charge is 2.25. The molecule has 1 amide bonds. The molecule has 4 rings (SSSR count). The van der Waals surface area contributed by atoms with Crippen LogP contribution in [0.2, 0.25) is 0 Å². The molecule has 1 saturated heterocycles. The molecule has 0 N–H and O–H groups in total. The fourth-order valence-corrected chi connectivity index (χ4v) is 5.28. The number of carbonyl (C=O) groups excluding carboxylic acids is 1. The minimum absolute atomic E-state index is 0.0866. The van der Waals surface area contributed by atoms with Crippen LogP contribution in [0.1, 0.15) is 16.8 Å². The number of halogens is 1. The van der Waals surface area contributed by atoms with Gasteiger partial charge in [0.2, 0.25) is 0 Å². The second-order valence-corrected chi connectivity index (χ2v) is 9.22. The second kappa shape index (κ2) is 10.6. The fourth-order valence-electron chi connectivity index (χ4n) is 3.73. The number of hydrogen-bond acceptors (Lipinski definition) is 7. The van der Waals surface area contributed by atoms with Crippen molar-refractivity contribution in [2.24, 2.45) is 0 Å². The standard InChI is InChI=1S/C23H26BrN3O4S/c1-29-18-8-9-19(30-2)21-20(18)25-23(32-21)27(11-5-10-26-12-14-31-15-13-26)22(28)16-6-3-4-7-17(16)24/h3-4,6-9H,5,10-15H2,1-2H3. The summed E-state index contributed by atoms with van der Waals surface area (Å²) >= 11 is 4.96. The van der Waals surface area contributed by atoms with E-state index in [9.17, 15) is 4.79 Å². The number of nitrogens with zero attached hydrogens (tertiary/aromatic N) is 3. The number of methoxy groups -OCH3 is 2. The Morgan fingerprint density at radius 2 is 1.88 bits per heavy atom. The Morgan fingerprint density at radius 3 is 2.59 bits per heavy atom. The van der Waals surface area contributed by atoms with E-state index in [1.165, 1.54) is 11.3 Å². The van der Waals surface area contributed by atoms with Gasteiger partial charge in [-0.15, -0.1) is 0 Å². The second-order valence-electron chi connectivity index (χ2n) is 7.39. The van der Waals surface area contributed by atoms with Crippen LogP contribution in [0.25, 0.3) is 10.2 Å². The smallest absolute Gasteiger partial charge is 0.261 e. The van der Waals surface area contributed by atoms with Crippen molar-refractivity contribution in [2.75, 3.05) is 58.5 Å². The number of ether oxygens (including phenoxy) is 3. The lowest BCUT2D eigenvalue weighted by molar-refractivity contribution is 0.0376. The Bertz CT molecular complexity index is 1040. The van der Waals surface area contributed by atoms with Gasteiger partial charge >= 0.3 is 0 Å². The topological polar surface area (TPSA) is 64.1 Å². The minimum atomic E-state index is -0.0866. The SMILES string of the molecule is COc1ccc(OC)c2sc(N(CCCN3CCOCC3)C(=O)c3ccccc3Br)nc12. The minimum Gasteiger partial charge on any atom is -0.495 e. The van der Waals surface area contributed by atoms with Crippen molar-refractivity contribution >= 4 is 48.5 Å². The lowest BCUT2D eigenvalue weighted by Crippen LogP contribution is -2.39. The van der Waals surface area contributed by atoms with Gasteiger partial charge in [-0.3, -0.25) is 14.6 Å². The van der Waals surface area contributed by atoms with Gasteiger partial charge in [-0.25, -0.2) is 4.98 Å². The maximum absolute atomic E-state index is 13.6. The molecule has 0 saturated carbocycles. The van der Waals surface area contributed by atoms with Crippen LogP contribution in [-0.2, 0) is 4.74 Å². The lowest BCUT2D eigenvalue weighted by Gasteiger charge is -2.27. The highest BCUT2D eigenvalue weighted by Crippen LogP contribution is 2.40. The summed E-state index contributed by atoms with van der Waals surface area (Å²) in [6.45, 7) is 4.83. The maximum atomic E-state index is 13.6. The zero-order chi connectivity index (χ0) is 22.5. The highest BCUT2D eigenvalue weighted by atomic mass is 79.9. The molecule has 0 bridgehead atoms. The Balaban J connectivity index is 1.66. The van der Waals surface area contributed by atoms with Gasteiger partial charge in [0.25, 0.3) is 5.91 Å². The first-order chi connectivity index (χ1) is 15.6. The van der Waals surface area contributed by atoms with Gasteiger partial charge in [0.05, 0.1) is 33.0 Å². The number of fused-ring (bicyclic) bond motifs is 1. The summed E-state index contributed by atoms with van der Waals surface area (Å²) in [5, 5.41) is 0.630. The summed E-state index contributed by atoms with van der Waals surface area (Å²) in [5.41, 5.74) is 1.31. The molecule has 1 aliphatic rings. The Hall–Kier alpha value is -2.20. The molecular formula is C23H26BrN3O4S. The number of morpholine rings is 1. The zero-order valence-electron chi connectivity index (χ0n) is 18.2. The zero-order valence-corrected chi connectivity index (χ0v) is 20.6. The largest absolute Gasteiger partial charge is 0.495 e. The molecule has 1 fully saturated rings. The molecule has 0 unspecified atom stereocenters. The third-order valence-corrected chi connectivity index (χ3v) is 7.22. The predicted molar refractivity (Wildman–Crippen MR) is 130 cm³/mol. The van der Waals surface area contributed by atoms with E-state index in [0.29, 0.717) is 34.3 Å². The number of benzene rings is 2. The van der Waals surface area contributed by atoms with Crippen LogP contribution in [0.4, 0.5) is 5.13 Å². The van der Waals surface area contributed by atoms with Crippen molar-refractivity contribution < 1.29 is 19.0 Å². The van der Waals surface area contributed by atoms with Crippen molar-refractivity contribution in [1.29, 1.82) is 0 Å². The normalized spacial score (nSPS) is 14.5. The molecule has 3 aromatic rings. The molecule has 0 spiro atoms. The molecule has 170 valence electrons. The lowest BCUT2D eigenvalue weighted by atomic mass is 10.2. The van der Waals surface area contributed by atoms with Gasteiger partial charge in [-0.2, -0.15) is 0 Å². The van der Waals surface area contributed by atoms with Crippen LogP contribution in [-0.4, -0.2) is 69.4 Å². The molecule has 2 aromatic carbocycles. The van der Waals surface area contributed by atoms with Crippen LogP contribution >= 0.6 is 27.3 Å². The van der Waals surface area contributed by atoms with E-state index < -0.39 is 0 Å². The van der Waals surface area contributed by atoms with Gasteiger partial charge in [0.1, 0.15) is 21.7 Å². The number of amides is 1. The monoisotopic (exact) mass is 519 g/mol. The van der Waals surface area contributed by atoms with E-state index in [4.69, 9.17) is 19.2 Å². The fraction of sp³-hybridized carbons (Fsp3) is 0.391. The summed E-state index contributed by atoms with van der Waals surface area (Å²) in [6, 6.07) is 11.2. The van der Waals surface area contributed by atoms with Gasteiger partial charge in [-0.05, 0) is 46.6 Å². The van der Waals surface area contributed by atoms with Crippen LogP contribution in [0.15, 0.2) is 40.9 Å². The molecule has 0 atom stereocenters. The number of thiazole rings is 1. The number of rotatable bonds is 8. The van der Waals surface area contributed by atoms with Crippen molar-refractivity contribution in [3.05, 3.63) is 46.4 Å². The van der Waals surface area contributed by atoms with E-state index in [2.05, 4.69) is 20.8 Å². The highest BCUT2D eigenvalue weighted by molar-refractivity contribution is 9.10. The van der Waals surface area contributed by atoms with Gasteiger partial charge < -0.3 is 14.2 Å². The number of aromatic nitrogens is 1. The molecule has 2 heterocycles. The Labute approximate surface area is 200 Å². The first kappa shape index (κ1) is 23.0. The van der Waals surface area contributed by atoms with Crippen molar-refractivity contribution in [3.63, 3.8) is 0 Å². The summed E-state index contributed by atoms with van der Waals surface area (Å²) in [4.78, 5) is 22.5. The van der Waals surface area contributed by atoms with Crippen LogP contribution < -0.4 is 14.4 Å². The van der Waals surface area contributed by atoms with E-state index in [-0.39, 0.29) is 5.91 Å². The molecule has 0 radical (unpaired) electrons. The first-order valence-corrected chi connectivity index (χ1v) is 12.1. The molecular weight excluding hydrogens is 494 g/mol. The Morgan fingerprint density at radius 1 is 1.16 bits per heavy atom. The molecule has 9 heteroatoms. The van der Waals surface area contributed by atoms with Crippen LogP contribution in [0.3, 0.4) is 0 Å². The summed E-state index contributed by atoms with van der Waals surface area (Å²) in [7, 11) is 3.25. The van der Waals surface area contributed by atoms with Crippen molar-refractivity contribution in [3.8, 4) is 11.5 Å². The summed E-state index contributed by atoms with van der Waals surface area (Å²) in [5.74, 6) is 1.28. The number of anilines is 1. The summed E-state index contributed by atoms with van der Waals surface area (Å²) in [6.07, 6.45) is 0.834. The van der Waals surface area contributed by atoms with Crippen molar-refractivity contribution in [2.45, 2.75) is 6.42 Å². The van der Waals surface area contributed by atoms with Crippen LogP contribution in [0.5, 0.6) is 11.5 Å². The van der Waals surface area contributed by atoms with E-state index in [1.807, 2.05) is 36.4 Å². The maximum Gasteiger partial charge on any atom is 0.261 e. The van der Waals surface area contributed by atoms with E-state index in [1.54, 1.807) is 19.1 Å². The van der Waals surface area contributed by atoms with Crippen LogP contribution in [0, 0.1) is 0 Å². The average Bonchev–Trinajstić information content (AvgIpc) is 3.27. The third kappa shape index (κ3) is 4.91. The molecule has 32 heavy (non-hydrogen) atoms. The first-order valence-electron chi connectivity index (χ1n) is 10.5. The number of carbonyl (C=O) groups is 1. The van der Waals surface area contributed by atoms with Gasteiger partial charge in [0.15, 0.2) is 5.13 Å². The molecule has 7 nitrogen and oxygen atoms in total.